The lowest BCUT2D eigenvalue weighted by Gasteiger charge is -2.41. The molecule has 1 aliphatic heterocycles. The largest absolute Gasteiger partial charge is 0.489 e. The second kappa shape index (κ2) is 8.27. The molecule has 3 rings (SSSR count). The van der Waals surface area contributed by atoms with E-state index in [1.165, 1.54) is 0 Å². The minimum Gasteiger partial charge on any atom is -0.489 e. The average Bonchev–Trinajstić information content (AvgIpc) is 2.61. The molecule has 0 radical (unpaired) electrons. The summed E-state index contributed by atoms with van der Waals surface area (Å²) in [6.45, 7) is 2.78. The quantitative estimate of drug-likeness (QED) is 0.762. The molecule has 1 aliphatic carbocycles. The number of esters is 1. The molecule has 1 aromatic rings. The molecule has 0 bridgehead atoms. The number of rotatable bonds is 5. The summed E-state index contributed by atoms with van der Waals surface area (Å²) in [5, 5.41) is 12.9. The van der Waals surface area contributed by atoms with Gasteiger partial charge in [0, 0.05) is 5.02 Å². The van der Waals surface area contributed by atoms with E-state index in [1.807, 2.05) is 0 Å². The van der Waals surface area contributed by atoms with Crippen LogP contribution in [0.25, 0.3) is 0 Å². The first-order valence-corrected chi connectivity index (χ1v) is 9.45. The molecule has 2 fully saturated rings. The summed E-state index contributed by atoms with van der Waals surface area (Å²) in [6, 6.07) is 4.41. The molecule has 1 heterocycles. The van der Waals surface area contributed by atoms with E-state index in [-0.39, 0.29) is 12.7 Å². The second-order valence-electron chi connectivity index (χ2n) is 6.97. The van der Waals surface area contributed by atoms with Gasteiger partial charge in [-0.3, -0.25) is 4.79 Å². The van der Waals surface area contributed by atoms with Crippen molar-refractivity contribution in [2.24, 2.45) is 11.8 Å². The summed E-state index contributed by atoms with van der Waals surface area (Å²) in [6.07, 6.45) is 3.18. The lowest BCUT2D eigenvalue weighted by atomic mass is 9.72. The highest BCUT2D eigenvalue weighted by Crippen LogP contribution is 2.38. The van der Waals surface area contributed by atoms with Crippen LogP contribution in [0.5, 0.6) is 5.75 Å². The van der Waals surface area contributed by atoms with Crippen molar-refractivity contribution in [3.05, 3.63) is 28.8 Å². The van der Waals surface area contributed by atoms with Gasteiger partial charge in [0.25, 0.3) is 0 Å². The number of hydrogen-bond donors (Lipinski definition) is 2. The zero-order valence-corrected chi connectivity index (χ0v) is 15.5. The average molecular weight is 382 g/mol. The smallest absolute Gasteiger partial charge is 0.341 e. The molecule has 0 spiro atoms. The van der Waals surface area contributed by atoms with Crippen LogP contribution in [0.3, 0.4) is 0 Å². The van der Waals surface area contributed by atoms with Crippen LogP contribution in [0.2, 0.25) is 5.02 Å². The van der Waals surface area contributed by atoms with Gasteiger partial charge in [-0.1, -0.05) is 11.6 Å². The number of aliphatic carboxylic acids is 1. The second-order valence-corrected chi connectivity index (χ2v) is 7.41. The lowest BCUT2D eigenvalue weighted by molar-refractivity contribution is -0.141. The molecule has 0 aromatic heterocycles. The monoisotopic (exact) mass is 381 g/mol. The van der Waals surface area contributed by atoms with Crippen LogP contribution in [0.4, 0.5) is 0 Å². The molecule has 2 N–H and O–H groups in total. The van der Waals surface area contributed by atoms with E-state index in [0.29, 0.717) is 34.6 Å². The predicted octanol–water partition coefficient (Wildman–Crippen LogP) is 3.13. The number of carbonyl (C=O) groups excluding carboxylic acids is 1. The molecule has 2 aliphatic rings. The first-order chi connectivity index (χ1) is 12.5. The van der Waals surface area contributed by atoms with Gasteiger partial charge in [-0.2, -0.15) is 0 Å². The Labute approximate surface area is 157 Å². The SMILES string of the molecule is CCOC(=O)c1ccc(Cl)cc1OC1CCC2CNC(C(=O)O)CC2C1. The van der Waals surface area contributed by atoms with Crippen LogP contribution in [-0.4, -0.2) is 42.3 Å². The molecular weight excluding hydrogens is 358 g/mol. The van der Waals surface area contributed by atoms with Gasteiger partial charge in [0.05, 0.1) is 12.7 Å². The van der Waals surface area contributed by atoms with Crippen LogP contribution in [0, 0.1) is 11.8 Å². The van der Waals surface area contributed by atoms with E-state index < -0.39 is 18.0 Å². The maximum Gasteiger partial charge on any atom is 0.341 e. The number of halogens is 1. The first-order valence-electron chi connectivity index (χ1n) is 9.07. The first kappa shape index (κ1) is 19.0. The number of ether oxygens (including phenoxy) is 2. The van der Waals surface area contributed by atoms with E-state index in [4.69, 9.17) is 21.1 Å². The van der Waals surface area contributed by atoms with Crippen molar-refractivity contribution in [1.82, 2.24) is 5.32 Å². The van der Waals surface area contributed by atoms with Gasteiger partial charge in [0.1, 0.15) is 17.4 Å². The van der Waals surface area contributed by atoms with E-state index >= 15 is 0 Å². The Morgan fingerprint density at radius 3 is 2.81 bits per heavy atom. The topological polar surface area (TPSA) is 84.9 Å². The summed E-state index contributed by atoms with van der Waals surface area (Å²) in [7, 11) is 0. The standard InChI is InChI=1S/C19H24ClNO5/c1-2-25-19(24)15-6-4-13(20)9-17(15)26-14-5-3-11-10-21-16(18(22)23)8-12(11)7-14/h4,6,9,11-12,14,16,21H,2-3,5,7-8,10H2,1H3,(H,22,23). The van der Waals surface area contributed by atoms with E-state index in [2.05, 4.69) is 5.32 Å². The van der Waals surface area contributed by atoms with Crippen LogP contribution in [0.1, 0.15) is 43.0 Å². The third kappa shape index (κ3) is 4.30. The number of piperidine rings is 1. The Hall–Kier alpha value is -1.79. The van der Waals surface area contributed by atoms with Crippen molar-refractivity contribution in [3.63, 3.8) is 0 Å². The molecule has 4 unspecified atom stereocenters. The van der Waals surface area contributed by atoms with Crippen molar-refractivity contribution >= 4 is 23.5 Å². The number of hydrogen-bond acceptors (Lipinski definition) is 5. The van der Waals surface area contributed by atoms with Gasteiger partial charge < -0.3 is 19.9 Å². The maximum absolute atomic E-state index is 12.1. The summed E-state index contributed by atoms with van der Waals surface area (Å²) in [5.41, 5.74) is 0.368. The normalized spacial score (nSPS) is 28.1. The Balaban J connectivity index is 1.70. The lowest BCUT2D eigenvalue weighted by Crippen LogP contribution is -2.50. The summed E-state index contributed by atoms with van der Waals surface area (Å²) < 4.78 is 11.2. The maximum atomic E-state index is 12.1. The zero-order chi connectivity index (χ0) is 18.7. The summed E-state index contributed by atoms with van der Waals surface area (Å²) in [5.74, 6) is -0.00891. The molecule has 1 saturated heterocycles. The number of carboxylic acid groups (broad SMARTS) is 1. The van der Waals surface area contributed by atoms with Crippen LogP contribution >= 0.6 is 11.6 Å². The molecule has 4 atom stereocenters. The molecular formula is C19H24ClNO5. The number of benzene rings is 1. The third-order valence-electron chi connectivity index (χ3n) is 5.29. The van der Waals surface area contributed by atoms with E-state index in [0.717, 1.165) is 25.8 Å². The fraction of sp³-hybridized carbons (Fsp3) is 0.579. The molecule has 142 valence electrons. The van der Waals surface area contributed by atoms with Gasteiger partial charge in [-0.15, -0.1) is 0 Å². The minimum atomic E-state index is -0.800. The Kier molecular flexibility index (Phi) is 6.04. The van der Waals surface area contributed by atoms with Gasteiger partial charge in [-0.05, 0) is 69.2 Å². The third-order valence-corrected chi connectivity index (χ3v) is 5.52. The van der Waals surface area contributed by atoms with Gasteiger partial charge >= 0.3 is 11.9 Å². The van der Waals surface area contributed by atoms with Gasteiger partial charge in [-0.25, -0.2) is 4.79 Å². The zero-order valence-electron chi connectivity index (χ0n) is 14.7. The van der Waals surface area contributed by atoms with Crippen LogP contribution < -0.4 is 10.1 Å². The van der Waals surface area contributed by atoms with Crippen molar-refractivity contribution in [1.29, 1.82) is 0 Å². The van der Waals surface area contributed by atoms with Crippen LogP contribution in [-0.2, 0) is 9.53 Å². The Bertz CT molecular complexity index is 680. The number of carboxylic acids is 1. The molecule has 26 heavy (non-hydrogen) atoms. The van der Waals surface area contributed by atoms with Crippen LogP contribution in [0.15, 0.2) is 18.2 Å². The predicted molar refractivity (Wildman–Crippen MR) is 96.7 cm³/mol. The van der Waals surface area contributed by atoms with Gasteiger partial charge in [0.2, 0.25) is 0 Å². The molecule has 7 heteroatoms. The van der Waals surface area contributed by atoms with E-state index in [1.54, 1.807) is 25.1 Å². The highest BCUT2D eigenvalue weighted by Gasteiger charge is 2.38. The fourth-order valence-corrected chi connectivity index (χ4v) is 4.13. The van der Waals surface area contributed by atoms with Crippen molar-refractivity contribution in [2.75, 3.05) is 13.2 Å². The van der Waals surface area contributed by atoms with E-state index in [9.17, 15) is 14.7 Å². The number of fused-ring (bicyclic) bond motifs is 1. The Morgan fingerprint density at radius 1 is 1.27 bits per heavy atom. The van der Waals surface area contributed by atoms with Crippen molar-refractivity contribution in [3.8, 4) is 5.75 Å². The number of nitrogens with one attached hydrogen (secondary N) is 1. The van der Waals surface area contributed by atoms with Crippen molar-refractivity contribution < 1.29 is 24.2 Å². The summed E-state index contributed by atoms with van der Waals surface area (Å²) in [4.78, 5) is 23.4. The molecule has 1 aromatic carbocycles. The summed E-state index contributed by atoms with van der Waals surface area (Å²) >= 11 is 6.08. The highest BCUT2D eigenvalue weighted by atomic mass is 35.5. The fourth-order valence-electron chi connectivity index (χ4n) is 3.97. The molecule has 0 amide bonds. The highest BCUT2D eigenvalue weighted by molar-refractivity contribution is 6.30. The minimum absolute atomic E-state index is 0.0598. The molecule has 6 nitrogen and oxygen atoms in total. The van der Waals surface area contributed by atoms with Gasteiger partial charge in [0.15, 0.2) is 0 Å². The number of carbonyl (C=O) groups is 2. The van der Waals surface area contributed by atoms with Crippen molar-refractivity contribution in [2.45, 2.75) is 44.8 Å². The Morgan fingerprint density at radius 2 is 2.08 bits per heavy atom. The molecule has 1 saturated carbocycles.